The number of Topliss-reactive ketones (excluding diaryl/α,β-unsaturated/α-hetero) is 1. The van der Waals surface area contributed by atoms with Gasteiger partial charge >= 0.3 is 6.03 Å². The molecule has 1 aliphatic heterocycles. The largest absolute Gasteiger partial charge is 0.338 e. The third-order valence-electron chi connectivity index (χ3n) is 3.82. The number of hydrogen-bond donors (Lipinski definition) is 1. The average Bonchev–Trinajstić information content (AvgIpc) is 2.48. The molecule has 1 aliphatic rings. The van der Waals surface area contributed by atoms with Crippen LogP contribution in [0.15, 0.2) is 24.3 Å². The van der Waals surface area contributed by atoms with Crippen molar-refractivity contribution in [1.82, 2.24) is 10.2 Å². The fraction of sp³-hybridized carbons (Fsp3) is 0.500. The Morgan fingerprint density at radius 2 is 1.80 bits per heavy atom. The Morgan fingerprint density at radius 1 is 1.20 bits per heavy atom. The molecule has 0 spiro atoms. The molecule has 2 rings (SSSR count). The molecule has 0 atom stereocenters. The number of carbonyl (C=O) groups is 2. The van der Waals surface area contributed by atoms with Crippen molar-refractivity contribution in [2.75, 3.05) is 19.6 Å². The van der Waals surface area contributed by atoms with E-state index < -0.39 is 0 Å². The second-order valence-electron chi connectivity index (χ2n) is 5.33. The van der Waals surface area contributed by atoms with Gasteiger partial charge in [-0.25, -0.2) is 4.79 Å². The highest BCUT2D eigenvalue weighted by atomic mass is 16.2. The molecule has 1 aromatic carbocycles. The molecule has 2 amide bonds. The van der Waals surface area contributed by atoms with Crippen LogP contribution in [-0.4, -0.2) is 36.3 Å². The van der Waals surface area contributed by atoms with Crippen LogP contribution >= 0.6 is 0 Å². The van der Waals surface area contributed by atoms with Crippen molar-refractivity contribution in [3.05, 3.63) is 35.4 Å². The molecule has 0 unspecified atom stereocenters. The summed E-state index contributed by atoms with van der Waals surface area (Å²) in [7, 11) is 0. The van der Waals surface area contributed by atoms with E-state index in [0.717, 1.165) is 24.0 Å². The maximum Gasteiger partial charge on any atom is 0.317 e. The quantitative estimate of drug-likeness (QED) is 0.861. The Bertz CT molecular complexity index is 474. The minimum atomic E-state index is -0.0197. The molecule has 0 radical (unpaired) electrons. The fourth-order valence-electron chi connectivity index (χ4n) is 2.56. The van der Waals surface area contributed by atoms with E-state index >= 15 is 0 Å². The van der Waals surface area contributed by atoms with Crippen LogP contribution in [0.2, 0.25) is 0 Å². The molecule has 0 saturated carbocycles. The first-order chi connectivity index (χ1) is 9.61. The molecular weight excluding hydrogens is 252 g/mol. The van der Waals surface area contributed by atoms with Crippen molar-refractivity contribution < 1.29 is 9.59 Å². The van der Waals surface area contributed by atoms with Gasteiger partial charge in [0.2, 0.25) is 0 Å². The zero-order chi connectivity index (χ0) is 14.5. The lowest BCUT2D eigenvalue weighted by Gasteiger charge is -2.31. The number of hydrogen-bond acceptors (Lipinski definition) is 2. The van der Waals surface area contributed by atoms with Gasteiger partial charge < -0.3 is 10.2 Å². The molecule has 108 valence electrons. The van der Waals surface area contributed by atoms with Crippen molar-refractivity contribution >= 4 is 11.8 Å². The van der Waals surface area contributed by atoms with Crippen LogP contribution < -0.4 is 5.32 Å². The third kappa shape index (κ3) is 3.38. The summed E-state index contributed by atoms with van der Waals surface area (Å²) in [4.78, 5) is 25.9. The maximum absolute atomic E-state index is 12.4. The molecule has 4 nitrogen and oxygen atoms in total. The number of carbonyl (C=O) groups excluding carboxylic acids is 2. The van der Waals surface area contributed by atoms with Gasteiger partial charge in [0.05, 0.1) is 0 Å². The number of aryl methyl sites for hydroxylation is 1. The Labute approximate surface area is 120 Å². The molecule has 1 saturated heterocycles. The van der Waals surface area contributed by atoms with Gasteiger partial charge in [-0.05, 0) is 26.7 Å². The number of ketones is 1. The van der Waals surface area contributed by atoms with Crippen molar-refractivity contribution in [3.8, 4) is 0 Å². The summed E-state index contributed by atoms with van der Waals surface area (Å²) in [5.41, 5.74) is 1.94. The molecule has 20 heavy (non-hydrogen) atoms. The van der Waals surface area contributed by atoms with Gasteiger partial charge in [-0.2, -0.15) is 0 Å². The zero-order valence-electron chi connectivity index (χ0n) is 12.2. The molecule has 0 aliphatic carbocycles. The van der Waals surface area contributed by atoms with Gasteiger partial charge in [-0.3, -0.25) is 4.79 Å². The molecule has 1 heterocycles. The summed E-state index contributed by atoms with van der Waals surface area (Å²) in [5.74, 6) is 0.254. The highest BCUT2D eigenvalue weighted by molar-refractivity contribution is 5.98. The van der Waals surface area contributed by atoms with Crippen LogP contribution in [0.3, 0.4) is 0 Å². The second kappa shape index (κ2) is 6.55. The minimum Gasteiger partial charge on any atom is -0.338 e. The van der Waals surface area contributed by atoms with Gasteiger partial charge in [0.25, 0.3) is 0 Å². The Hall–Kier alpha value is -1.84. The highest BCUT2D eigenvalue weighted by Crippen LogP contribution is 2.22. The van der Waals surface area contributed by atoms with Crippen LogP contribution in [0, 0.1) is 12.8 Å². The number of rotatable bonds is 3. The van der Waals surface area contributed by atoms with E-state index in [1.807, 2.05) is 38.1 Å². The van der Waals surface area contributed by atoms with Gasteiger partial charge in [-0.1, -0.05) is 29.8 Å². The molecule has 0 bridgehead atoms. The molecule has 1 N–H and O–H groups in total. The summed E-state index contributed by atoms with van der Waals surface area (Å²) < 4.78 is 0. The Balaban J connectivity index is 1.92. The molecule has 0 aromatic heterocycles. The lowest BCUT2D eigenvalue weighted by atomic mass is 9.89. The van der Waals surface area contributed by atoms with Crippen molar-refractivity contribution in [3.63, 3.8) is 0 Å². The predicted molar refractivity (Wildman–Crippen MR) is 78.9 cm³/mol. The Kier molecular flexibility index (Phi) is 4.77. The first kappa shape index (κ1) is 14.6. The van der Waals surface area contributed by atoms with E-state index in [4.69, 9.17) is 0 Å². The van der Waals surface area contributed by atoms with Gasteiger partial charge in [0.1, 0.15) is 0 Å². The SMILES string of the molecule is CCNC(=O)N1CCC(C(=O)c2ccc(C)cc2)CC1. The predicted octanol–water partition coefficient (Wildman–Crippen LogP) is 2.62. The van der Waals surface area contributed by atoms with Crippen LogP contribution in [0.4, 0.5) is 4.79 Å². The number of nitrogens with zero attached hydrogens (tertiary/aromatic N) is 1. The lowest BCUT2D eigenvalue weighted by molar-refractivity contribution is 0.0855. The van der Waals surface area contributed by atoms with Gasteiger partial charge in [-0.15, -0.1) is 0 Å². The summed E-state index contributed by atoms with van der Waals surface area (Å²) in [6, 6.07) is 7.71. The number of amides is 2. The van der Waals surface area contributed by atoms with Crippen LogP contribution in [0.5, 0.6) is 0 Å². The van der Waals surface area contributed by atoms with Crippen LogP contribution in [-0.2, 0) is 0 Å². The average molecular weight is 274 g/mol. The van der Waals surface area contributed by atoms with Crippen LogP contribution in [0.25, 0.3) is 0 Å². The number of likely N-dealkylation sites (tertiary alicyclic amines) is 1. The molecule has 1 fully saturated rings. The summed E-state index contributed by atoms with van der Waals surface area (Å²) >= 11 is 0. The topological polar surface area (TPSA) is 49.4 Å². The standard InChI is InChI=1S/C16H22N2O2/c1-3-17-16(20)18-10-8-14(9-11-18)15(19)13-6-4-12(2)5-7-13/h4-7,14H,3,8-11H2,1-2H3,(H,17,20). The fourth-order valence-corrected chi connectivity index (χ4v) is 2.56. The number of nitrogens with one attached hydrogen (secondary N) is 1. The minimum absolute atomic E-state index is 0.0197. The third-order valence-corrected chi connectivity index (χ3v) is 3.82. The van der Waals surface area contributed by atoms with E-state index in [1.54, 1.807) is 4.90 Å². The van der Waals surface area contributed by atoms with E-state index in [-0.39, 0.29) is 17.7 Å². The van der Waals surface area contributed by atoms with E-state index in [9.17, 15) is 9.59 Å². The van der Waals surface area contributed by atoms with E-state index in [0.29, 0.717) is 19.6 Å². The highest BCUT2D eigenvalue weighted by Gasteiger charge is 2.27. The zero-order valence-corrected chi connectivity index (χ0v) is 12.2. The maximum atomic E-state index is 12.4. The van der Waals surface area contributed by atoms with Crippen molar-refractivity contribution in [1.29, 1.82) is 0 Å². The smallest absolute Gasteiger partial charge is 0.317 e. The first-order valence-electron chi connectivity index (χ1n) is 7.25. The second-order valence-corrected chi connectivity index (χ2v) is 5.33. The number of piperidine rings is 1. The summed E-state index contributed by atoms with van der Waals surface area (Å²) in [6.07, 6.45) is 1.51. The lowest BCUT2D eigenvalue weighted by Crippen LogP contribution is -2.45. The summed E-state index contributed by atoms with van der Waals surface area (Å²) in [5, 5.41) is 2.80. The number of urea groups is 1. The molecular formula is C16H22N2O2. The van der Waals surface area contributed by atoms with Crippen molar-refractivity contribution in [2.45, 2.75) is 26.7 Å². The van der Waals surface area contributed by atoms with Gasteiger partial charge in [0, 0.05) is 31.1 Å². The molecule has 1 aromatic rings. The summed E-state index contributed by atoms with van der Waals surface area (Å²) in [6.45, 7) is 5.88. The van der Waals surface area contributed by atoms with Crippen LogP contribution in [0.1, 0.15) is 35.7 Å². The normalized spacial score (nSPS) is 16.0. The van der Waals surface area contributed by atoms with Crippen molar-refractivity contribution in [2.24, 2.45) is 5.92 Å². The molecule has 4 heteroatoms. The van der Waals surface area contributed by atoms with Gasteiger partial charge in [0.15, 0.2) is 5.78 Å². The Morgan fingerprint density at radius 3 is 2.35 bits per heavy atom. The number of benzene rings is 1. The van der Waals surface area contributed by atoms with E-state index in [1.165, 1.54) is 0 Å². The monoisotopic (exact) mass is 274 g/mol. The van der Waals surface area contributed by atoms with E-state index in [2.05, 4.69) is 5.32 Å². The first-order valence-corrected chi connectivity index (χ1v) is 7.25.